The first-order chi connectivity index (χ1) is 17.7. The Bertz CT molecular complexity index is 474. The normalized spacial score (nSPS) is 10.6. The first kappa shape index (κ1) is 34.0. The average Bonchev–Trinajstić information content (AvgIpc) is 2.87. The quantitative estimate of drug-likeness (QED) is 0.0574. The second kappa shape index (κ2) is 29.3. The Morgan fingerprint density at radius 2 is 0.694 bits per heavy atom. The van der Waals surface area contributed by atoms with E-state index in [1.165, 1.54) is 76.7 Å². The lowest BCUT2D eigenvalue weighted by molar-refractivity contribution is -0.144. The molecule has 0 aromatic heterocycles. The third-order valence-corrected chi connectivity index (χ3v) is 6.09. The standard InChI is InChI=1S/C30H54O6/c1-3-33-25-19-21-27-35-29(31)23-17-15-13-11-9-7-5-6-8-10-12-14-16-18-24-30(32)36-28-22-20-26-34-4-2/h3-4H,1-2,5-28H2. The predicted molar refractivity (Wildman–Crippen MR) is 147 cm³/mol. The molecule has 210 valence electrons. The zero-order valence-corrected chi connectivity index (χ0v) is 23.0. The van der Waals surface area contributed by atoms with E-state index in [-0.39, 0.29) is 11.9 Å². The number of rotatable bonds is 29. The summed E-state index contributed by atoms with van der Waals surface area (Å²) in [4.78, 5) is 23.3. The second-order valence-corrected chi connectivity index (χ2v) is 9.38. The molecule has 0 rings (SSSR count). The highest BCUT2D eigenvalue weighted by Crippen LogP contribution is 2.14. The Balaban J connectivity index is 3.19. The van der Waals surface area contributed by atoms with Crippen LogP contribution in [0, 0.1) is 0 Å². The molecular formula is C30H54O6. The summed E-state index contributed by atoms with van der Waals surface area (Å²) in [6, 6.07) is 0. The van der Waals surface area contributed by atoms with Crippen LogP contribution in [0.1, 0.15) is 128 Å². The lowest BCUT2D eigenvalue weighted by Crippen LogP contribution is -2.06. The molecule has 6 heteroatoms. The number of unbranched alkanes of at least 4 members (excludes halogenated alkanes) is 15. The van der Waals surface area contributed by atoms with Crippen LogP contribution in [0.15, 0.2) is 25.7 Å². The topological polar surface area (TPSA) is 71.1 Å². The van der Waals surface area contributed by atoms with Gasteiger partial charge in [0.05, 0.1) is 39.0 Å². The smallest absolute Gasteiger partial charge is 0.305 e. The minimum Gasteiger partial charge on any atom is -0.502 e. The maximum atomic E-state index is 11.7. The van der Waals surface area contributed by atoms with E-state index in [1.54, 1.807) is 0 Å². The number of carbonyl (C=O) groups excluding carboxylic acids is 2. The summed E-state index contributed by atoms with van der Waals surface area (Å²) in [5, 5.41) is 0. The molecule has 0 bridgehead atoms. The molecule has 0 unspecified atom stereocenters. The molecule has 0 saturated carbocycles. The van der Waals surface area contributed by atoms with Crippen LogP contribution in [0.5, 0.6) is 0 Å². The third kappa shape index (κ3) is 28.3. The van der Waals surface area contributed by atoms with Crippen molar-refractivity contribution in [1.29, 1.82) is 0 Å². The van der Waals surface area contributed by atoms with Gasteiger partial charge in [0.15, 0.2) is 0 Å². The van der Waals surface area contributed by atoms with E-state index in [0.29, 0.717) is 39.3 Å². The van der Waals surface area contributed by atoms with E-state index >= 15 is 0 Å². The van der Waals surface area contributed by atoms with Crippen molar-refractivity contribution in [1.82, 2.24) is 0 Å². The van der Waals surface area contributed by atoms with Gasteiger partial charge in [-0.1, -0.05) is 90.2 Å². The molecule has 0 spiro atoms. The van der Waals surface area contributed by atoms with Crippen molar-refractivity contribution in [3.8, 4) is 0 Å². The molecule has 0 fully saturated rings. The van der Waals surface area contributed by atoms with Crippen molar-refractivity contribution in [2.45, 2.75) is 128 Å². The van der Waals surface area contributed by atoms with Gasteiger partial charge in [0.25, 0.3) is 0 Å². The van der Waals surface area contributed by atoms with Crippen LogP contribution in [0.4, 0.5) is 0 Å². The highest BCUT2D eigenvalue weighted by molar-refractivity contribution is 5.69. The summed E-state index contributed by atoms with van der Waals surface area (Å²) in [6.45, 7) is 9.23. The molecule has 0 aromatic rings. The predicted octanol–water partition coefficient (Wildman–Crippen LogP) is 8.20. The third-order valence-electron chi connectivity index (χ3n) is 6.09. The highest BCUT2D eigenvalue weighted by Gasteiger charge is 2.03. The Labute approximate surface area is 221 Å². The van der Waals surface area contributed by atoms with Crippen LogP contribution in [0.25, 0.3) is 0 Å². The van der Waals surface area contributed by atoms with E-state index in [9.17, 15) is 9.59 Å². The Hall–Kier alpha value is -1.98. The Morgan fingerprint density at radius 3 is 1.00 bits per heavy atom. The summed E-state index contributed by atoms with van der Waals surface area (Å²) in [5.41, 5.74) is 0. The molecule has 0 aliphatic carbocycles. The number of ether oxygens (including phenoxy) is 4. The van der Waals surface area contributed by atoms with Crippen molar-refractivity contribution in [3.05, 3.63) is 25.7 Å². The van der Waals surface area contributed by atoms with Crippen molar-refractivity contribution in [2.24, 2.45) is 0 Å². The highest BCUT2D eigenvalue weighted by atomic mass is 16.5. The maximum Gasteiger partial charge on any atom is 0.305 e. The maximum absolute atomic E-state index is 11.7. The lowest BCUT2D eigenvalue weighted by Gasteiger charge is -2.06. The number of hydrogen-bond acceptors (Lipinski definition) is 6. The molecule has 0 aliphatic rings. The summed E-state index contributed by atoms with van der Waals surface area (Å²) in [5.74, 6) is -0.140. The van der Waals surface area contributed by atoms with E-state index in [1.807, 2.05) is 0 Å². The van der Waals surface area contributed by atoms with Crippen molar-refractivity contribution >= 4 is 11.9 Å². The molecule has 0 N–H and O–H groups in total. The average molecular weight is 511 g/mol. The van der Waals surface area contributed by atoms with Crippen LogP contribution in [0.2, 0.25) is 0 Å². The molecule has 0 atom stereocenters. The van der Waals surface area contributed by atoms with Crippen LogP contribution >= 0.6 is 0 Å². The van der Waals surface area contributed by atoms with Crippen molar-refractivity contribution < 1.29 is 28.5 Å². The van der Waals surface area contributed by atoms with Gasteiger partial charge in [0.1, 0.15) is 0 Å². The molecule has 36 heavy (non-hydrogen) atoms. The number of esters is 2. The fraction of sp³-hybridized carbons (Fsp3) is 0.800. The SMILES string of the molecule is C=COCCCCOC(=O)CCCCCCCCCCCCCCCCC(=O)OCCCCOC=C. The van der Waals surface area contributed by atoms with Gasteiger partial charge in [0, 0.05) is 12.8 Å². The van der Waals surface area contributed by atoms with Gasteiger partial charge in [-0.25, -0.2) is 0 Å². The van der Waals surface area contributed by atoms with Gasteiger partial charge in [-0.15, -0.1) is 0 Å². The summed E-state index contributed by atoms with van der Waals surface area (Å²) >= 11 is 0. The van der Waals surface area contributed by atoms with Crippen LogP contribution < -0.4 is 0 Å². The summed E-state index contributed by atoms with van der Waals surface area (Å²) < 4.78 is 20.5. The number of carbonyl (C=O) groups is 2. The molecule has 6 nitrogen and oxygen atoms in total. The minimum atomic E-state index is -0.0700. The zero-order valence-electron chi connectivity index (χ0n) is 23.0. The fourth-order valence-electron chi connectivity index (χ4n) is 3.92. The zero-order chi connectivity index (χ0) is 26.4. The molecule has 0 saturated heterocycles. The second-order valence-electron chi connectivity index (χ2n) is 9.38. The first-order valence-electron chi connectivity index (χ1n) is 14.5. The monoisotopic (exact) mass is 510 g/mol. The Morgan fingerprint density at radius 1 is 0.417 bits per heavy atom. The van der Waals surface area contributed by atoms with Gasteiger partial charge in [0.2, 0.25) is 0 Å². The van der Waals surface area contributed by atoms with Gasteiger partial charge in [-0.2, -0.15) is 0 Å². The summed E-state index contributed by atoms with van der Waals surface area (Å²) in [6.07, 6.45) is 24.4. The van der Waals surface area contributed by atoms with Crippen LogP contribution in [-0.2, 0) is 28.5 Å². The van der Waals surface area contributed by atoms with Crippen LogP contribution in [-0.4, -0.2) is 38.4 Å². The van der Waals surface area contributed by atoms with Crippen molar-refractivity contribution in [3.63, 3.8) is 0 Å². The number of hydrogen-bond donors (Lipinski definition) is 0. The van der Waals surface area contributed by atoms with Crippen molar-refractivity contribution in [2.75, 3.05) is 26.4 Å². The van der Waals surface area contributed by atoms with Gasteiger partial charge in [-0.3, -0.25) is 9.59 Å². The van der Waals surface area contributed by atoms with Crippen LogP contribution in [0.3, 0.4) is 0 Å². The van der Waals surface area contributed by atoms with Gasteiger partial charge >= 0.3 is 11.9 Å². The molecule has 0 radical (unpaired) electrons. The van der Waals surface area contributed by atoms with E-state index in [4.69, 9.17) is 18.9 Å². The van der Waals surface area contributed by atoms with E-state index < -0.39 is 0 Å². The fourth-order valence-corrected chi connectivity index (χ4v) is 3.92. The summed E-state index contributed by atoms with van der Waals surface area (Å²) in [7, 11) is 0. The molecule has 0 amide bonds. The van der Waals surface area contributed by atoms with Gasteiger partial charge < -0.3 is 18.9 Å². The molecule has 0 heterocycles. The minimum absolute atomic E-state index is 0.0700. The van der Waals surface area contributed by atoms with Gasteiger partial charge in [-0.05, 0) is 38.5 Å². The molecule has 0 aromatic carbocycles. The van der Waals surface area contributed by atoms with E-state index in [0.717, 1.165) is 51.4 Å². The first-order valence-corrected chi connectivity index (χ1v) is 14.5. The Kier molecular flexibility index (Phi) is 27.6. The van der Waals surface area contributed by atoms with E-state index in [2.05, 4.69) is 13.2 Å². The molecular weight excluding hydrogens is 456 g/mol. The largest absolute Gasteiger partial charge is 0.502 e. The molecule has 0 aliphatic heterocycles. The lowest BCUT2D eigenvalue weighted by atomic mass is 10.0.